The molecule has 16 heavy (non-hydrogen) atoms. The van der Waals surface area contributed by atoms with Gasteiger partial charge in [-0.3, -0.25) is 9.58 Å². The zero-order chi connectivity index (χ0) is 12.3. The van der Waals surface area contributed by atoms with E-state index in [-0.39, 0.29) is 0 Å². The Morgan fingerprint density at radius 2 is 1.94 bits per heavy atom. The van der Waals surface area contributed by atoms with Crippen LogP contribution in [0.2, 0.25) is 0 Å². The van der Waals surface area contributed by atoms with Gasteiger partial charge in [0, 0.05) is 31.9 Å². The maximum absolute atomic E-state index is 4.51. The molecule has 3 nitrogen and oxygen atoms in total. The maximum atomic E-state index is 4.51. The summed E-state index contributed by atoms with van der Waals surface area (Å²) in [6, 6.07) is 2.75. The molecule has 0 aliphatic rings. The maximum Gasteiger partial charge on any atom is 0.0767 e. The predicted molar refractivity (Wildman–Crippen MR) is 68.3 cm³/mol. The largest absolute Gasteiger partial charge is 0.295 e. The fraction of sp³-hybridized carbons (Fsp3) is 0.769. The molecule has 0 spiro atoms. The Balaban J connectivity index is 2.67. The lowest BCUT2D eigenvalue weighted by molar-refractivity contribution is 0.186. The summed E-state index contributed by atoms with van der Waals surface area (Å²) in [6.45, 7) is 13.2. The molecule has 0 saturated carbocycles. The van der Waals surface area contributed by atoms with E-state index in [0.29, 0.717) is 12.0 Å². The second-order valence-electron chi connectivity index (χ2n) is 5.32. The summed E-state index contributed by atoms with van der Waals surface area (Å²) < 4.78 is 1.95. The Kier molecular flexibility index (Phi) is 4.54. The van der Waals surface area contributed by atoms with Crippen molar-refractivity contribution in [2.24, 2.45) is 13.0 Å². The van der Waals surface area contributed by atoms with Gasteiger partial charge in [-0.25, -0.2) is 0 Å². The van der Waals surface area contributed by atoms with Crippen LogP contribution in [0.25, 0.3) is 0 Å². The second-order valence-corrected chi connectivity index (χ2v) is 5.32. The Bertz CT molecular complexity index is 306. The smallest absolute Gasteiger partial charge is 0.0767 e. The van der Waals surface area contributed by atoms with Crippen molar-refractivity contribution in [1.82, 2.24) is 14.7 Å². The summed E-state index contributed by atoms with van der Waals surface area (Å²) in [5, 5.41) is 4.51. The van der Waals surface area contributed by atoms with Crippen LogP contribution in [-0.4, -0.2) is 27.3 Å². The molecule has 0 bridgehead atoms. The first-order chi connectivity index (χ1) is 7.40. The molecule has 1 heterocycles. The number of hydrogen-bond acceptors (Lipinski definition) is 2. The molecular weight excluding hydrogens is 198 g/mol. The van der Waals surface area contributed by atoms with Crippen LogP contribution in [0.5, 0.6) is 0 Å². The van der Waals surface area contributed by atoms with E-state index in [9.17, 15) is 0 Å². The highest BCUT2D eigenvalue weighted by Crippen LogP contribution is 2.10. The molecule has 0 atom stereocenters. The molecule has 3 heteroatoms. The van der Waals surface area contributed by atoms with E-state index >= 15 is 0 Å². The second kappa shape index (κ2) is 5.48. The highest BCUT2D eigenvalue weighted by atomic mass is 15.3. The predicted octanol–water partition coefficient (Wildman–Crippen LogP) is 2.59. The van der Waals surface area contributed by atoms with E-state index in [1.807, 2.05) is 11.7 Å². The molecule has 0 unspecified atom stereocenters. The normalized spacial score (nSPS) is 12.1. The minimum absolute atomic E-state index is 0.574. The van der Waals surface area contributed by atoms with Gasteiger partial charge in [-0.2, -0.15) is 5.10 Å². The number of rotatable bonds is 5. The van der Waals surface area contributed by atoms with Gasteiger partial charge in [0.05, 0.1) is 5.69 Å². The van der Waals surface area contributed by atoms with Crippen molar-refractivity contribution in [3.8, 4) is 0 Å². The van der Waals surface area contributed by atoms with E-state index in [4.69, 9.17) is 0 Å². The third-order valence-electron chi connectivity index (χ3n) is 2.86. The molecule has 0 saturated heterocycles. The van der Waals surface area contributed by atoms with Gasteiger partial charge in [0.1, 0.15) is 0 Å². The monoisotopic (exact) mass is 223 g/mol. The Morgan fingerprint density at radius 3 is 2.31 bits per heavy atom. The zero-order valence-electron chi connectivity index (χ0n) is 11.5. The molecule has 1 rings (SSSR count). The topological polar surface area (TPSA) is 21.1 Å². The van der Waals surface area contributed by atoms with E-state index in [1.54, 1.807) is 0 Å². The van der Waals surface area contributed by atoms with Gasteiger partial charge in [0.15, 0.2) is 0 Å². The van der Waals surface area contributed by atoms with E-state index < -0.39 is 0 Å². The quantitative estimate of drug-likeness (QED) is 0.765. The first-order valence-corrected chi connectivity index (χ1v) is 6.13. The van der Waals surface area contributed by atoms with Gasteiger partial charge >= 0.3 is 0 Å². The molecule has 0 amide bonds. The van der Waals surface area contributed by atoms with Crippen molar-refractivity contribution < 1.29 is 0 Å². The van der Waals surface area contributed by atoms with Gasteiger partial charge in [0.25, 0.3) is 0 Å². The molecule has 92 valence electrons. The minimum atomic E-state index is 0.574. The molecule has 0 radical (unpaired) electrons. The van der Waals surface area contributed by atoms with Crippen LogP contribution in [0, 0.1) is 12.8 Å². The number of nitrogens with zero attached hydrogens (tertiary/aromatic N) is 3. The van der Waals surface area contributed by atoms with Crippen LogP contribution < -0.4 is 0 Å². The number of hydrogen-bond donors (Lipinski definition) is 0. The van der Waals surface area contributed by atoms with Crippen LogP contribution >= 0.6 is 0 Å². The number of aromatic nitrogens is 2. The van der Waals surface area contributed by atoms with Crippen LogP contribution in [0.15, 0.2) is 6.07 Å². The van der Waals surface area contributed by atoms with Crippen molar-refractivity contribution in [3.05, 3.63) is 17.5 Å². The Hall–Kier alpha value is -0.830. The summed E-state index contributed by atoms with van der Waals surface area (Å²) in [4.78, 5) is 2.48. The van der Waals surface area contributed by atoms with Crippen molar-refractivity contribution in [2.45, 2.75) is 47.2 Å². The molecule has 0 N–H and O–H groups in total. The first kappa shape index (κ1) is 13.2. The average Bonchev–Trinajstić information content (AvgIpc) is 2.44. The standard InChI is InChI=1S/C13H25N3/c1-10(2)8-16(11(3)4)9-13-7-12(5)15(6)14-13/h7,10-11H,8-9H2,1-6H3. The average molecular weight is 223 g/mol. The molecule has 0 fully saturated rings. The molecule has 1 aromatic heterocycles. The lowest BCUT2D eigenvalue weighted by Crippen LogP contribution is -2.33. The van der Waals surface area contributed by atoms with Crippen LogP contribution in [0.4, 0.5) is 0 Å². The van der Waals surface area contributed by atoms with Crippen molar-refractivity contribution >= 4 is 0 Å². The van der Waals surface area contributed by atoms with Crippen molar-refractivity contribution in [3.63, 3.8) is 0 Å². The van der Waals surface area contributed by atoms with E-state index in [1.165, 1.54) is 11.4 Å². The van der Waals surface area contributed by atoms with Gasteiger partial charge in [-0.15, -0.1) is 0 Å². The van der Waals surface area contributed by atoms with E-state index in [2.05, 4.69) is 50.7 Å². The fourth-order valence-electron chi connectivity index (χ4n) is 1.85. The van der Waals surface area contributed by atoms with Gasteiger partial charge in [0.2, 0.25) is 0 Å². The van der Waals surface area contributed by atoms with Gasteiger partial charge in [-0.1, -0.05) is 13.8 Å². The highest BCUT2D eigenvalue weighted by Gasteiger charge is 2.13. The Morgan fingerprint density at radius 1 is 1.31 bits per heavy atom. The Labute approximate surface area is 99.4 Å². The van der Waals surface area contributed by atoms with Crippen LogP contribution in [-0.2, 0) is 13.6 Å². The third kappa shape index (κ3) is 3.63. The third-order valence-corrected chi connectivity index (χ3v) is 2.86. The lowest BCUT2D eigenvalue weighted by atomic mass is 10.1. The van der Waals surface area contributed by atoms with Crippen LogP contribution in [0.1, 0.15) is 39.1 Å². The molecule has 0 aliphatic heterocycles. The van der Waals surface area contributed by atoms with Crippen LogP contribution in [0.3, 0.4) is 0 Å². The van der Waals surface area contributed by atoms with Crippen molar-refractivity contribution in [1.29, 1.82) is 0 Å². The number of aryl methyl sites for hydroxylation is 2. The first-order valence-electron chi connectivity index (χ1n) is 6.13. The SMILES string of the molecule is Cc1cc(CN(CC(C)C)C(C)C)nn1C. The summed E-state index contributed by atoms with van der Waals surface area (Å²) in [5.41, 5.74) is 2.40. The fourth-order valence-corrected chi connectivity index (χ4v) is 1.85. The summed E-state index contributed by atoms with van der Waals surface area (Å²) >= 11 is 0. The van der Waals surface area contributed by atoms with E-state index in [0.717, 1.165) is 13.1 Å². The lowest BCUT2D eigenvalue weighted by Gasteiger charge is -2.27. The minimum Gasteiger partial charge on any atom is -0.295 e. The molecule has 1 aromatic rings. The summed E-state index contributed by atoms with van der Waals surface area (Å²) in [5.74, 6) is 0.701. The molecule has 0 aromatic carbocycles. The summed E-state index contributed by atoms with van der Waals surface area (Å²) in [6.07, 6.45) is 0. The van der Waals surface area contributed by atoms with Crippen molar-refractivity contribution in [2.75, 3.05) is 6.54 Å². The zero-order valence-corrected chi connectivity index (χ0v) is 11.5. The van der Waals surface area contributed by atoms with Gasteiger partial charge < -0.3 is 0 Å². The highest BCUT2D eigenvalue weighted by molar-refractivity contribution is 5.08. The summed E-state index contributed by atoms with van der Waals surface area (Å²) in [7, 11) is 2.00. The van der Waals surface area contributed by atoms with Gasteiger partial charge in [-0.05, 0) is 32.8 Å². The molecule has 0 aliphatic carbocycles. The molecular formula is C13H25N3.